The molecule has 0 aliphatic heterocycles. The maximum absolute atomic E-state index is 13.5. The molecule has 0 heterocycles. The van der Waals surface area contributed by atoms with Crippen molar-refractivity contribution >= 4 is 18.3 Å². The van der Waals surface area contributed by atoms with Gasteiger partial charge in [-0.25, -0.2) is 4.39 Å². The van der Waals surface area contributed by atoms with Crippen LogP contribution in [0, 0.1) is 5.82 Å². The first-order valence-corrected chi connectivity index (χ1v) is 5.42. The second-order valence-electron chi connectivity index (χ2n) is 3.87. The number of benzene rings is 1. The first-order chi connectivity index (χ1) is 8.04. The van der Waals surface area contributed by atoms with E-state index in [1.807, 2.05) is 6.92 Å². The van der Waals surface area contributed by atoms with Crippen LogP contribution in [0.15, 0.2) is 18.2 Å². The summed E-state index contributed by atoms with van der Waals surface area (Å²) >= 11 is 0. The van der Waals surface area contributed by atoms with E-state index in [0.29, 0.717) is 18.7 Å². The Hall–Kier alpha value is -1.33. The van der Waals surface area contributed by atoms with Crippen LogP contribution in [-0.4, -0.2) is 25.6 Å². The van der Waals surface area contributed by atoms with Crippen molar-refractivity contribution in [3.63, 3.8) is 0 Å². The van der Waals surface area contributed by atoms with E-state index in [4.69, 9.17) is 10.5 Å². The number of carbonyl (C=O) groups excluding carboxylic acids is 1. The molecule has 1 aromatic rings. The van der Waals surface area contributed by atoms with Gasteiger partial charge in [-0.3, -0.25) is 4.79 Å². The Balaban J connectivity index is 0.00000289. The molecule has 1 aromatic carbocycles. The van der Waals surface area contributed by atoms with Gasteiger partial charge in [-0.05, 0) is 25.5 Å². The summed E-state index contributed by atoms with van der Waals surface area (Å²) in [5, 5.41) is 2.61. The molecule has 0 fully saturated rings. The zero-order chi connectivity index (χ0) is 12.8. The van der Waals surface area contributed by atoms with Crippen molar-refractivity contribution in [2.24, 2.45) is 5.73 Å². The number of ether oxygens (including phenoxy) is 1. The Morgan fingerprint density at radius 2 is 2.22 bits per heavy atom. The minimum Gasteiger partial charge on any atom is -0.497 e. The molecule has 0 aliphatic carbocycles. The van der Waals surface area contributed by atoms with E-state index in [9.17, 15) is 9.18 Å². The number of hydrogen-bond acceptors (Lipinski definition) is 3. The van der Waals surface area contributed by atoms with Crippen LogP contribution < -0.4 is 15.8 Å². The minimum atomic E-state index is -0.595. The van der Waals surface area contributed by atoms with Gasteiger partial charge in [0.2, 0.25) is 0 Å². The monoisotopic (exact) mass is 276 g/mol. The van der Waals surface area contributed by atoms with E-state index in [2.05, 4.69) is 5.32 Å². The molecular weight excluding hydrogens is 259 g/mol. The molecule has 0 spiro atoms. The fourth-order valence-electron chi connectivity index (χ4n) is 1.32. The highest BCUT2D eigenvalue weighted by Gasteiger charge is 2.11. The smallest absolute Gasteiger partial charge is 0.254 e. The topological polar surface area (TPSA) is 64.3 Å². The summed E-state index contributed by atoms with van der Waals surface area (Å²) in [5.74, 6) is -0.650. The van der Waals surface area contributed by atoms with Gasteiger partial charge in [0.15, 0.2) is 0 Å². The quantitative estimate of drug-likeness (QED) is 0.861. The van der Waals surface area contributed by atoms with Crippen molar-refractivity contribution in [2.75, 3.05) is 13.7 Å². The largest absolute Gasteiger partial charge is 0.497 e. The van der Waals surface area contributed by atoms with Gasteiger partial charge in [-0.2, -0.15) is 0 Å². The van der Waals surface area contributed by atoms with Crippen LogP contribution >= 0.6 is 12.4 Å². The molecule has 0 aliphatic rings. The van der Waals surface area contributed by atoms with Crippen LogP contribution in [-0.2, 0) is 0 Å². The minimum absolute atomic E-state index is 0. The molecule has 1 amide bonds. The molecule has 4 nitrogen and oxygen atoms in total. The standard InChI is InChI=1S/C12H17FN2O2.ClH/c1-8(14)5-6-15-12(16)10-4-3-9(17-2)7-11(10)13;/h3-4,7-8H,5-6,14H2,1-2H3,(H,15,16);1H. The summed E-state index contributed by atoms with van der Waals surface area (Å²) < 4.78 is 18.4. The van der Waals surface area contributed by atoms with E-state index in [1.54, 1.807) is 6.07 Å². The number of amides is 1. The second kappa shape index (κ2) is 7.89. The predicted molar refractivity (Wildman–Crippen MR) is 70.8 cm³/mol. The maximum atomic E-state index is 13.5. The first-order valence-electron chi connectivity index (χ1n) is 5.42. The summed E-state index contributed by atoms with van der Waals surface area (Å²) in [6.45, 7) is 2.28. The number of methoxy groups -OCH3 is 1. The summed E-state index contributed by atoms with van der Waals surface area (Å²) in [6.07, 6.45) is 0.656. The number of halogens is 2. The highest BCUT2D eigenvalue weighted by molar-refractivity contribution is 5.94. The fraction of sp³-hybridized carbons (Fsp3) is 0.417. The highest BCUT2D eigenvalue weighted by atomic mass is 35.5. The lowest BCUT2D eigenvalue weighted by Gasteiger charge is -2.08. The lowest BCUT2D eigenvalue weighted by Crippen LogP contribution is -2.29. The van der Waals surface area contributed by atoms with E-state index < -0.39 is 11.7 Å². The lowest BCUT2D eigenvalue weighted by molar-refractivity contribution is 0.0948. The van der Waals surface area contributed by atoms with Crippen LogP contribution in [0.5, 0.6) is 5.75 Å². The molecule has 102 valence electrons. The SMILES string of the molecule is COc1ccc(C(=O)NCCC(C)N)c(F)c1.Cl. The zero-order valence-electron chi connectivity index (χ0n) is 10.4. The Labute approximate surface area is 112 Å². The molecule has 3 N–H and O–H groups in total. The van der Waals surface area contributed by atoms with Gasteiger partial charge in [0.25, 0.3) is 5.91 Å². The maximum Gasteiger partial charge on any atom is 0.254 e. The van der Waals surface area contributed by atoms with Crippen molar-refractivity contribution < 1.29 is 13.9 Å². The van der Waals surface area contributed by atoms with Crippen LogP contribution in [0.3, 0.4) is 0 Å². The van der Waals surface area contributed by atoms with E-state index >= 15 is 0 Å². The molecule has 1 atom stereocenters. The first kappa shape index (κ1) is 16.7. The molecule has 1 unspecified atom stereocenters. The fourth-order valence-corrected chi connectivity index (χ4v) is 1.32. The second-order valence-corrected chi connectivity index (χ2v) is 3.87. The molecule has 0 saturated carbocycles. The number of nitrogens with one attached hydrogen (secondary N) is 1. The molecule has 1 rings (SSSR count). The molecule has 18 heavy (non-hydrogen) atoms. The summed E-state index contributed by atoms with van der Waals surface area (Å²) in [6, 6.07) is 4.13. The summed E-state index contributed by atoms with van der Waals surface area (Å²) in [4.78, 5) is 11.6. The van der Waals surface area contributed by atoms with E-state index in [1.165, 1.54) is 19.2 Å². The van der Waals surface area contributed by atoms with Crippen LogP contribution in [0.4, 0.5) is 4.39 Å². The molecule has 6 heteroatoms. The van der Waals surface area contributed by atoms with Gasteiger partial charge in [0, 0.05) is 18.7 Å². The van der Waals surface area contributed by atoms with Crippen molar-refractivity contribution in [2.45, 2.75) is 19.4 Å². The number of rotatable bonds is 5. The van der Waals surface area contributed by atoms with Crippen molar-refractivity contribution in [3.05, 3.63) is 29.6 Å². The van der Waals surface area contributed by atoms with Gasteiger partial charge in [0.05, 0.1) is 12.7 Å². The predicted octanol–water partition coefficient (Wildman–Crippen LogP) is 1.72. The van der Waals surface area contributed by atoms with Gasteiger partial charge >= 0.3 is 0 Å². The van der Waals surface area contributed by atoms with Crippen molar-refractivity contribution in [1.82, 2.24) is 5.32 Å². The average Bonchev–Trinajstić information content (AvgIpc) is 2.28. The molecule has 0 aromatic heterocycles. The van der Waals surface area contributed by atoms with Crippen LogP contribution in [0.25, 0.3) is 0 Å². The van der Waals surface area contributed by atoms with Gasteiger partial charge in [-0.15, -0.1) is 12.4 Å². The van der Waals surface area contributed by atoms with Gasteiger partial charge in [0.1, 0.15) is 11.6 Å². The normalized spacial score (nSPS) is 11.3. The Kier molecular flexibility index (Phi) is 7.31. The molecular formula is C12H18ClFN2O2. The third kappa shape index (κ3) is 4.89. The van der Waals surface area contributed by atoms with E-state index in [-0.39, 0.29) is 24.0 Å². The number of nitrogens with two attached hydrogens (primary N) is 1. The summed E-state index contributed by atoms with van der Waals surface area (Å²) in [5.41, 5.74) is 5.55. The summed E-state index contributed by atoms with van der Waals surface area (Å²) in [7, 11) is 1.44. The zero-order valence-corrected chi connectivity index (χ0v) is 11.2. The average molecular weight is 277 g/mol. The van der Waals surface area contributed by atoms with Crippen molar-refractivity contribution in [3.8, 4) is 5.75 Å². The Bertz CT molecular complexity index is 400. The molecule has 0 radical (unpaired) electrons. The Morgan fingerprint density at radius 3 is 2.72 bits per heavy atom. The lowest BCUT2D eigenvalue weighted by atomic mass is 10.2. The van der Waals surface area contributed by atoms with Gasteiger partial charge < -0.3 is 15.8 Å². The number of hydrogen-bond donors (Lipinski definition) is 2. The molecule has 0 bridgehead atoms. The van der Waals surface area contributed by atoms with Crippen LogP contribution in [0.2, 0.25) is 0 Å². The molecule has 0 saturated heterocycles. The van der Waals surface area contributed by atoms with Gasteiger partial charge in [-0.1, -0.05) is 0 Å². The van der Waals surface area contributed by atoms with Crippen molar-refractivity contribution in [1.29, 1.82) is 0 Å². The van der Waals surface area contributed by atoms with Crippen LogP contribution in [0.1, 0.15) is 23.7 Å². The third-order valence-electron chi connectivity index (χ3n) is 2.31. The number of carbonyl (C=O) groups is 1. The highest BCUT2D eigenvalue weighted by Crippen LogP contribution is 2.15. The van der Waals surface area contributed by atoms with E-state index in [0.717, 1.165) is 0 Å². The Morgan fingerprint density at radius 1 is 1.56 bits per heavy atom. The third-order valence-corrected chi connectivity index (χ3v) is 2.31.